The second kappa shape index (κ2) is 6.34. The zero-order valence-electron chi connectivity index (χ0n) is 11.8. The number of rotatable bonds is 7. The maximum Gasteiger partial charge on any atom is 0.306 e. The van der Waals surface area contributed by atoms with Crippen molar-refractivity contribution in [2.45, 2.75) is 17.4 Å². The van der Waals surface area contributed by atoms with E-state index >= 15 is 0 Å². The summed E-state index contributed by atoms with van der Waals surface area (Å²) in [5.41, 5.74) is 0. The molecule has 1 atom stereocenters. The molecule has 0 aliphatic heterocycles. The van der Waals surface area contributed by atoms with Crippen LogP contribution in [-0.4, -0.2) is 57.8 Å². The van der Waals surface area contributed by atoms with Gasteiger partial charge in [0.2, 0.25) is 0 Å². The van der Waals surface area contributed by atoms with Gasteiger partial charge in [-0.05, 0) is 12.1 Å². The molecular weight excluding hydrogens is 282 g/mol. The first-order chi connectivity index (χ1) is 9.10. The second-order valence-electron chi connectivity index (χ2n) is 5.56. The predicted molar refractivity (Wildman–Crippen MR) is 73.7 cm³/mol. The van der Waals surface area contributed by atoms with Crippen molar-refractivity contribution in [1.82, 2.24) is 0 Å². The third-order valence-electron chi connectivity index (χ3n) is 2.45. The van der Waals surface area contributed by atoms with Crippen LogP contribution >= 0.6 is 0 Å². The molecule has 1 rings (SSSR count). The highest BCUT2D eigenvalue weighted by Gasteiger charge is 2.28. The minimum absolute atomic E-state index is 0.0248. The summed E-state index contributed by atoms with van der Waals surface area (Å²) in [5, 5.41) is 8.87. The summed E-state index contributed by atoms with van der Waals surface area (Å²) in [7, 11) is 1.57. The maximum atomic E-state index is 12.1. The second-order valence-corrected chi connectivity index (χ2v) is 7.13. The number of likely N-dealkylation sites (N-methyl/N-ethyl adjacent to an activating group) is 1. The van der Waals surface area contributed by atoms with Crippen molar-refractivity contribution in [3.8, 4) is 0 Å². The van der Waals surface area contributed by atoms with E-state index in [1.165, 1.54) is 12.1 Å². The number of carboxylic acids is 1. The van der Waals surface area contributed by atoms with Crippen LogP contribution in [0, 0.1) is 0 Å². The molecule has 0 spiro atoms. The average molecular weight is 302 g/mol. The molecule has 0 aliphatic carbocycles. The number of quaternary nitrogens is 1. The van der Waals surface area contributed by atoms with E-state index in [-0.39, 0.29) is 17.9 Å². The Morgan fingerprint density at radius 2 is 1.80 bits per heavy atom. The van der Waals surface area contributed by atoms with Crippen LogP contribution < -0.4 is 0 Å². The summed E-state index contributed by atoms with van der Waals surface area (Å²) in [4.78, 5) is 10.9. The van der Waals surface area contributed by atoms with Gasteiger partial charge in [-0.25, -0.2) is 0 Å². The molecule has 112 valence electrons. The summed E-state index contributed by atoms with van der Waals surface area (Å²) >= 11 is 0. The first kappa shape index (κ1) is 16.6. The molecular formula is C13H20NO5S+. The molecule has 0 saturated heterocycles. The van der Waals surface area contributed by atoms with Crippen LogP contribution in [0.15, 0.2) is 35.2 Å². The topological polar surface area (TPSA) is 80.7 Å². The van der Waals surface area contributed by atoms with Gasteiger partial charge in [0.1, 0.15) is 12.6 Å². The van der Waals surface area contributed by atoms with E-state index in [0.29, 0.717) is 4.48 Å². The lowest BCUT2D eigenvalue weighted by Crippen LogP contribution is -2.43. The Labute approximate surface area is 119 Å². The van der Waals surface area contributed by atoms with E-state index in [9.17, 15) is 13.2 Å². The number of hydrogen-bond donors (Lipinski definition) is 1. The number of nitrogens with zero attached hydrogens (tertiary/aromatic N) is 1. The van der Waals surface area contributed by atoms with Crippen LogP contribution in [0.3, 0.4) is 0 Å². The van der Waals surface area contributed by atoms with Crippen LogP contribution in [-0.2, 0) is 19.1 Å². The minimum Gasteiger partial charge on any atom is -0.481 e. The zero-order valence-corrected chi connectivity index (χ0v) is 12.6. The molecule has 1 aromatic rings. The molecule has 7 heteroatoms. The average Bonchev–Trinajstić information content (AvgIpc) is 2.26. The summed E-state index contributed by atoms with van der Waals surface area (Å²) in [6.45, 7) is 0.276. The van der Waals surface area contributed by atoms with Crippen LogP contribution in [0.5, 0.6) is 0 Å². The van der Waals surface area contributed by atoms with Gasteiger partial charge in [0.25, 0.3) is 10.1 Å². The van der Waals surface area contributed by atoms with Crippen molar-refractivity contribution in [3.05, 3.63) is 30.3 Å². The Bertz CT molecular complexity index is 548. The molecule has 0 fully saturated rings. The van der Waals surface area contributed by atoms with E-state index in [1.807, 2.05) is 21.1 Å². The predicted octanol–water partition coefficient (Wildman–Crippen LogP) is 0.941. The van der Waals surface area contributed by atoms with E-state index < -0.39 is 22.2 Å². The lowest BCUT2D eigenvalue weighted by molar-refractivity contribution is -0.873. The third-order valence-corrected chi connectivity index (χ3v) is 3.82. The van der Waals surface area contributed by atoms with Gasteiger partial charge in [-0.3, -0.25) is 8.98 Å². The summed E-state index contributed by atoms with van der Waals surface area (Å²) in [5.74, 6) is -1.09. The highest BCUT2D eigenvalue weighted by Crippen LogP contribution is 2.16. The van der Waals surface area contributed by atoms with Gasteiger partial charge in [0.05, 0.1) is 32.5 Å². The van der Waals surface area contributed by atoms with Crippen molar-refractivity contribution in [2.24, 2.45) is 0 Å². The molecule has 0 radical (unpaired) electrons. The standard InChI is InChI=1S/C13H19NO5S/c1-14(2,3)10-11(9-13(15)16)19-20(17,18)12-7-5-4-6-8-12/h4-8,11H,9-10H2,1-3H3/p+1. The van der Waals surface area contributed by atoms with Crippen molar-refractivity contribution < 1.29 is 27.0 Å². The van der Waals surface area contributed by atoms with Gasteiger partial charge in [-0.1, -0.05) is 18.2 Å². The van der Waals surface area contributed by atoms with Crippen LogP contribution in [0.2, 0.25) is 0 Å². The highest BCUT2D eigenvalue weighted by atomic mass is 32.2. The largest absolute Gasteiger partial charge is 0.481 e. The molecule has 1 aromatic carbocycles. The number of carboxylic acid groups (broad SMARTS) is 1. The van der Waals surface area contributed by atoms with Gasteiger partial charge in [-0.15, -0.1) is 0 Å². The molecule has 1 N–H and O–H groups in total. The number of benzene rings is 1. The van der Waals surface area contributed by atoms with Crippen molar-refractivity contribution in [1.29, 1.82) is 0 Å². The third kappa shape index (κ3) is 5.68. The molecule has 20 heavy (non-hydrogen) atoms. The van der Waals surface area contributed by atoms with Crippen molar-refractivity contribution in [3.63, 3.8) is 0 Å². The summed E-state index contributed by atoms with van der Waals surface area (Å²) in [6.07, 6.45) is -1.26. The Balaban J connectivity index is 2.91. The van der Waals surface area contributed by atoms with Gasteiger partial charge in [0, 0.05) is 0 Å². The van der Waals surface area contributed by atoms with Crippen molar-refractivity contribution in [2.75, 3.05) is 27.7 Å². The molecule has 1 unspecified atom stereocenters. The molecule has 0 amide bonds. The van der Waals surface area contributed by atoms with Gasteiger partial charge in [-0.2, -0.15) is 8.42 Å². The van der Waals surface area contributed by atoms with Crippen molar-refractivity contribution >= 4 is 16.1 Å². The summed E-state index contributed by atoms with van der Waals surface area (Å²) < 4.78 is 29.7. The SMILES string of the molecule is C[N+](C)(C)CC(CC(=O)O)OS(=O)(=O)c1ccccc1. The zero-order chi connectivity index (χ0) is 15.4. The molecule has 0 aromatic heterocycles. The first-order valence-corrected chi connectivity index (χ1v) is 7.51. The smallest absolute Gasteiger partial charge is 0.306 e. The Hall–Kier alpha value is -1.44. The van der Waals surface area contributed by atoms with Crippen LogP contribution in [0.1, 0.15) is 6.42 Å². The Morgan fingerprint density at radius 3 is 2.25 bits per heavy atom. The molecule has 6 nitrogen and oxygen atoms in total. The molecule has 0 heterocycles. The maximum absolute atomic E-state index is 12.1. The lowest BCUT2D eigenvalue weighted by atomic mass is 10.2. The number of carbonyl (C=O) groups is 1. The van der Waals surface area contributed by atoms with Gasteiger partial charge >= 0.3 is 5.97 Å². The monoisotopic (exact) mass is 302 g/mol. The lowest BCUT2D eigenvalue weighted by Gasteiger charge is -2.28. The summed E-state index contributed by atoms with van der Waals surface area (Å²) in [6, 6.07) is 7.70. The van der Waals surface area contributed by atoms with E-state index in [4.69, 9.17) is 9.29 Å². The minimum atomic E-state index is -3.95. The molecule has 0 saturated carbocycles. The fraction of sp³-hybridized carbons (Fsp3) is 0.462. The number of aliphatic carboxylic acids is 1. The van der Waals surface area contributed by atoms with E-state index in [1.54, 1.807) is 18.2 Å². The van der Waals surface area contributed by atoms with E-state index in [2.05, 4.69) is 0 Å². The molecule has 0 aliphatic rings. The quantitative estimate of drug-likeness (QED) is 0.599. The fourth-order valence-corrected chi connectivity index (χ4v) is 2.85. The van der Waals surface area contributed by atoms with Crippen LogP contribution in [0.4, 0.5) is 0 Å². The first-order valence-electron chi connectivity index (χ1n) is 6.11. The van der Waals surface area contributed by atoms with E-state index in [0.717, 1.165) is 0 Å². The Morgan fingerprint density at radius 1 is 1.25 bits per heavy atom. The highest BCUT2D eigenvalue weighted by molar-refractivity contribution is 7.86. The fourth-order valence-electron chi connectivity index (χ4n) is 1.76. The normalized spacial score (nSPS) is 13.9. The van der Waals surface area contributed by atoms with Gasteiger partial charge in [0.15, 0.2) is 0 Å². The number of hydrogen-bond acceptors (Lipinski definition) is 4. The van der Waals surface area contributed by atoms with Gasteiger partial charge < -0.3 is 9.59 Å². The Kier molecular flexibility index (Phi) is 5.27. The van der Waals surface area contributed by atoms with Crippen LogP contribution in [0.25, 0.3) is 0 Å². The molecule has 0 bridgehead atoms.